The zero-order chi connectivity index (χ0) is 15.6. The number of nitro benzene ring substituents is 1. The lowest BCUT2D eigenvalue weighted by Gasteiger charge is -2.34. The van der Waals surface area contributed by atoms with Crippen molar-refractivity contribution in [2.24, 2.45) is 11.8 Å². The largest absolute Gasteiger partial charge is 0.502 e. The minimum absolute atomic E-state index is 0.110. The first-order chi connectivity index (χ1) is 9.90. The van der Waals surface area contributed by atoms with Gasteiger partial charge >= 0.3 is 5.69 Å². The number of hydrogen-bond acceptors (Lipinski definition) is 4. The molecule has 1 aromatic carbocycles. The van der Waals surface area contributed by atoms with Gasteiger partial charge in [0.05, 0.1) is 4.92 Å². The van der Waals surface area contributed by atoms with Crippen molar-refractivity contribution < 1.29 is 14.8 Å². The van der Waals surface area contributed by atoms with E-state index in [4.69, 9.17) is 0 Å². The minimum atomic E-state index is -0.679. The van der Waals surface area contributed by atoms with Gasteiger partial charge in [-0.25, -0.2) is 0 Å². The Morgan fingerprint density at radius 2 is 2.10 bits per heavy atom. The van der Waals surface area contributed by atoms with E-state index in [1.54, 1.807) is 0 Å². The molecule has 3 atom stereocenters. The molecule has 0 bridgehead atoms. The molecule has 0 spiro atoms. The van der Waals surface area contributed by atoms with E-state index in [1.807, 2.05) is 0 Å². The molecule has 0 saturated heterocycles. The van der Waals surface area contributed by atoms with Crippen LogP contribution in [0, 0.1) is 22.0 Å². The van der Waals surface area contributed by atoms with Crippen LogP contribution in [0.5, 0.6) is 5.75 Å². The van der Waals surface area contributed by atoms with Gasteiger partial charge < -0.3 is 10.4 Å². The second kappa shape index (κ2) is 6.11. The van der Waals surface area contributed by atoms with Crippen LogP contribution in [0.2, 0.25) is 0 Å². The van der Waals surface area contributed by atoms with Crippen molar-refractivity contribution in [3.8, 4) is 5.75 Å². The van der Waals surface area contributed by atoms with E-state index >= 15 is 0 Å². The van der Waals surface area contributed by atoms with Gasteiger partial charge in [0, 0.05) is 17.7 Å². The van der Waals surface area contributed by atoms with Crippen LogP contribution >= 0.6 is 0 Å². The van der Waals surface area contributed by atoms with E-state index in [2.05, 4.69) is 19.2 Å². The second-order valence-electron chi connectivity index (χ2n) is 5.81. The van der Waals surface area contributed by atoms with Gasteiger partial charge in [-0.3, -0.25) is 14.9 Å². The molecule has 1 amide bonds. The Labute approximate surface area is 123 Å². The molecular formula is C15H20N2O4. The van der Waals surface area contributed by atoms with E-state index < -0.39 is 16.4 Å². The lowest BCUT2D eigenvalue weighted by atomic mass is 9.78. The van der Waals surface area contributed by atoms with E-state index in [0.29, 0.717) is 11.8 Å². The van der Waals surface area contributed by atoms with Crippen molar-refractivity contribution in [3.05, 3.63) is 33.9 Å². The summed E-state index contributed by atoms with van der Waals surface area (Å²) in [4.78, 5) is 22.2. The fraction of sp³-hybridized carbons (Fsp3) is 0.533. The van der Waals surface area contributed by atoms with Crippen molar-refractivity contribution in [1.82, 2.24) is 5.32 Å². The van der Waals surface area contributed by atoms with Gasteiger partial charge in [0.25, 0.3) is 5.91 Å². The third kappa shape index (κ3) is 3.32. The molecule has 1 aliphatic carbocycles. The normalized spacial score (nSPS) is 25.3. The summed E-state index contributed by atoms with van der Waals surface area (Å²) in [6, 6.07) is 3.77. The Morgan fingerprint density at radius 3 is 2.71 bits per heavy atom. The topological polar surface area (TPSA) is 92.5 Å². The lowest BCUT2D eigenvalue weighted by Crippen LogP contribution is -2.43. The third-order valence-corrected chi connectivity index (χ3v) is 4.46. The van der Waals surface area contributed by atoms with E-state index in [1.165, 1.54) is 12.5 Å². The van der Waals surface area contributed by atoms with Crippen molar-refractivity contribution in [2.75, 3.05) is 0 Å². The van der Waals surface area contributed by atoms with E-state index in [9.17, 15) is 20.0 Å². The number of aromatic hydroxyl groups is 1. The highest BCUT2D eigenvalue weighted by atomic mass is 16.6. The molecule has 0 aliphatic heterocycles. The van der Waals surface area contributed by atoms with Gasteiger partial charge in [0.1, 0.15) is 0 Å². The molecule has 1 fully saturated rings. The van der Waals surface area contributed by atoms with Gasteiger partial charge in [0.2, 0.25) is 0 Å². The molecule has 21 heavy (non-hydrogen) atoms. The molecule has 0 radical (unpaired) electrons. The van der Waals surface area contributed by atoms with Crippen LogP contribution in [0.25, 0.3) is 0 Å². The number of hydrogen-bond donors (Lipinski definition) is 2. The average molecular weight is 292 g/mol. The zero-order valence-electron chi connectivity index (χ0n) is 12.2. The second-order valence-corrected chi connectivity index (χ2v) is 5.81. The Bertz CT molecular complexity index is 559. The molecule has 3 unspecified atom stereocenters. The number of phenols is 1. The van der Waals surface area contributed by atoms with Crippen LogP contribution in [0.15, 0.2) is 18.2 Å². The van der Waals surface area contributed by atoms with Crippen molar-refractivity contribution in [2.45, 2.75) is 39.2 Å². The summed E-state index contributed by atoms with van der Waals surface area (Å²) in [6.07, 6.45) is 3.20. The highest BCUT2D eigenvalue weighted by Gasteiger charge is 2.28. The Kier molecular flexibility index (Phi) is 4.45. The SMILES string of the molecule is CC1CCCC(NC(=O)c2ccc([N+](=O)[O-])c(O)c2)C1C. The lowest BCUT2D eigenvalue weighted by molar-refractivity contribution is -0.385. The highest BCUT2D eigenvalue weighted by Crippen LogP contribution is 2.30. The van der Waals surface area contributed by atoms with Crippen LogP contribution in [-0.2, 0) is 0 Å². The first-order valence-corrected chi connectivity index (χ1v) is 7.18. The Hall–Kier alpha value is -2.11. The monoisotopic (exact) mass is 292 g/mol. The summed E-state index contributed by atoms with van der Waals surface area (Å²) in [6.45, 7) is 4.31. The van der Waals surface area contributed by atoms with E-state index in [0.717, 1.165) is 25.0 Å². The number of rotatable bonds is 3. The number of nitro groups is 1. The zero-order valence-corrected chi connectivity index (χ0v) is 12.2. The highest BCUT2D eigenvalue weighted by molar-refractivity contribution is 5.95. The Morgan fingerprint density at radius 1 is 1.38 bits per heavy atom. The maximum absolute atomic E-state index is 12.2. The van der Waals surface area contributed by atoms with Crippen LogP contribution in [0.1, 0.15) is 43.5 Å². The minimum Gasteiger partial charge on any atom is -0.502 e. The van der Waals surface area contributed by atoms with Crippen molar-refractivity contribution in [1.29, 1.82) is 0 Å². The first kappa shape index (κ1) is 15.3. The van der Waals surface area contributed by atoms with Crippen LogP contribution in [-0.4, -0.2) is 22.0 Å². The Balaban J connectivity index is 2.10. The number of amides is 1. The van der Waals surface area contributed by atoms with Crippen LogP contribution in [0.3, 0.4) is 0 Å². The van der Waals surface area contributed by atoms with Gasteiger partial charge in [-0.2, -0.15) is 0 Å². The number of phenolic OH excluding ortho intramolecular Hbond substituents is 1. The standard InChI is InChI=1S/C15H20N2O4/c1-9-4-3-5-12(10(9)2)16-15(19)11-6-7-13(17(20)21)14(18)8-11/h6-10,12,18H,3-5H2,1-2H3,(H,16,19). The smallest absolute Gasteiger partial charge is 0.310 e. The van der Waals surface area contributed by atoms with Crippen LogP contribution < -0.4 is 5.32 Å². The van der Waals surface area contributed by atoms with Gasteiger partial charge in [0.15, 0.2) is 5.75 Å². The molecule has 0 aromatic heterocycles. The summed E-state index contributed by atoms with van der Waals surface area (Å²) in [7, 11) is 0. The summed E-state index contributed by atoms with van der Waals surface area (Å²) < 4.78 is 0. The molecule has 1 aromatic rings. The van der Waals surface area contributed by atoms with Gasteiger partial charge in [-0.1, -0.05) is 26.7 Å². The van der Waals surface area contributed by atoms with Gasteiger partial charge in [-0.15, -0.1) is 0 Å². The quantitative estimate of drug-likeness (QED) is 0.661. The summed E-state index contributed by atoms with van der Waals surface area (Å²) in [5.41, 5.74) is -0.158. The van der Waals surface area contributed by atoms with E-state index in [-0.39, 0.29) is 17.5 Å². The number of carbonyl (C=O) groups is 1. The fourth-order valence-electron chi connectivity index (χ4n) is 2.86. The molecule has 114 valence electrons. The maximum atomic E-state index is 12.2. The molecule has 1 saturated carbocycles. The average Bonchev–Trinajstić information content (AvgIpc) is 2.43. The fourth-order valence-corrected chi connectivity index (χ4v) is 2.86. The predicted molar refractivity (Wildman–Crippen MR) is 78.2 cm³/mol. The van der Waals surface area contributed by atoms with Crippen molar-refractivity contribution >= 4 is 11.6 Å². The maximum Gasteiger partial charge on any atom is 0.310 e. The molecular weight excluding hydrogens is 272 g/mol. The molecule has 6 nitrogen and oxygen atoms in total. The molecule has 2 rings (SSSR count). The summed E-state index contributed by atoms with van der Waals surface area (Å²) in [5.74, 6) is 0.174. The molecule has 1 aliphatic rings. The third-order valence-electron chi connectivity index (χ3n) is 4.46. The summed E-state index contributed by atoms with van der Waals surface area (Å²) in [5, 5.41) is 23.2. The molecule has 2 N–H and O–H groups in total. The number of nitrogens with one attached hydrogen (secondary N) is 1. The first-order valence-electron chi connectivity index (χ1n) is 7.18. The molecule has 0 heterocycles. The van der Waals surface area contributed by atoms with Crippen molar-refractivity contribution in [3.63, 3.8) is 0 Å². The van der Waals surface area contributed by atoms with Gasteiger partial charge in [-0.05, 0) is 30.4 Å². The number of carbonyl (C=O) groups excluding carboxylic acids is 1. The number of nitrogens with zero attached hydrogens (tertiary/aromatic N) is 1. The molecule has 6 heteroatoms. The van der Waals surface area contributed by atoms with Crippen LogP contribution in [0.4, 0.5) is 5.69 Å². The summed E-state index contributed by atoms with van der Waals surface area (Å²) >= 11 is 0. The predicted octanol–water partition coefficient (Wildman–Crippen LogP) is 2.85. The number of benzene rings is 1.